The molecule has 0 saturated carbocycles. The Kier molecular flexibility index (Phi) is 4.74. The van der Waals surface area contributed by atoms with Crippen LogP contribution in [-0.2, 0) is 14.8 Å². The first-order chi connectivity index (χ1) is 9.56. The Labute approximate surface area is 129 Å². The van der Waals surface area contributed by atoms with Crippen molar-refractivity contribution in [2.45, 2.75) is 77.2 Å². The Bertz CT molecular complexity index is 465. The van der Waals surface area contributed by atoms with Crippen molar-refractivity contribution in [3.8, 4) is 0 Å². The van der Waals surface area contributed by atoms with Gasteiger partial charge in [-0.05, 0) is 53.9 Å². The summed E-state index contributed by atoms with van der Waals surface area (Å²) in [6, 6.07) is 0.710. The van der Waals surface area contributed by atoms with E-state index < -0.39 is 10.0 Å². The molecule has 0 bridgehead atoms. The molecule has 0 spiro atoms. The number of ether oxygens (including phenoxy) is 1. The van der Waals surface area contributed by atoms with E-state index in [1.165, 1.54) is 0 Å². The molecule has 2 aliphatic rings. The van der Waals surface area contributed by atoms with E-state index in [1.807, 2.05) is 0 Å². The van der Waals surface area contributed by atoms with Crippen molar-refractivity contribution >= 4 is 10.0 Å². The molecule has 0 aliphatic carbocycles. The maximum atomic E-state index is 11.9. The highest BCUT2D eigenvalue weighted by Gasteiger charge is 2.46. The van der Waals surface area contributed by atoms with E-state index in [2.05, 4.69) is 33.0 Å². The molecule has 6 heteroatoms. The lowest BCUT2D eigenvalue weighted by Gasteiger charge is -2.35. The van der Waals surface area contributed by atoms with Gasteiger partial charge in [0.25, 0.3) is 0 Å². The van der Waals surface area contributed by atoms with Crippen LogP contribution in [0.2, 0.25) is 0 Å². The average molecular weight is 318 g/mol. The normalized spacial score (nSPS) is 30.6. The number of rotatable bonds is 4. The van der Waals surface area contributed by atoms with Gasteiger partial charge in [-0.15, -0.1) is 0 Å². The Morgan fingerprint density at radius 3 is 2.19 bits per heavy atom. The predicted molar refractivity (Wildman–Crippen MR) is 84.8 cm³/mol. The van der Waals surface area contributed by atoms with Crippen LogP contribution in [0.15, 0.2) is 0 Å². The molecule has 0 aromatic carbocycles. The minimum Gasteiger partial charge on any atom is -0.368 e. The first-order valence-corrected chi connectivity index (χ1v) is 9.61. The zero-order chi connectivity index (χ0) is 15.9. The largest absolute Gasteiger partial charge is 0.368 e. The maximum absolute atomic E-state index is 11.9. The quantitative estimate of drug-likeness (QED) is 0.858. The third-order valence-electron chi connectivity index (χ3n) is 4.72. The highest BCUT2D eigenvalue weighted by molar-refractivity contribution is 7.89. The molecular weight excluding hydrogens is 288 g/mol. The molecule has 5 nitrogen and oxygen atoms in total. The van der Waals surface area contributed by atoms with Crippen LogP contribution in [0, 0.1) is 0 Å². The van der Waals surface area contributed by atoms with Gasteiger partial charge in [0.05, 0.1) is 17.0 Å². The molecule has 2 heterocycles. The van der Waals surface area contributed by atoms with Crippen LogP contribution < -0.4 is 5.32 Å². The van der Waals surface area contributed by atoms with Gasteiger partial charge in [0.2, 0.25) is 10.0 Å². The zero-order valence-electron chi connectivity index (χ0n) is 14.0. The number of piperidine rings is 1. The summed E-state index contributed by atoms with van der Waals surface area (Å²) in [5, 5.41) is 3.71. The Morgan fingerprint density at radius 2 is 1.76 bits per heavy atom. The van der Waals surface area contributed by atoms with Crippen molar-refractivity contribution in [3.05, 3.63) is 0 Å². The summed E-state index contributed by atoms with van der Waals surface area (Å²) < 4.78 is 31.5. The Morgan fingerprint density at radius 1 is 1.19 bits per heavy atom. The van der Waals surface area contributed by atoms with E-state index in [1.54, 1.807) is 11.2 Å². The van der Waals surface area contributed by atoms with E-state index in [0.29, 0.717) is 25.2 Å². The van der Waals surface area contributed by atoms with E-state index in [-0.39, 0.29) is 17.0 Å². The molecule has 0 aromatic rings. The summed E-state index contributed by atoms with van der Waals surface area (Å²) in [4.78, 5) is 0. The minimum absolute atomic E-state index is 0.0899. The molecule has 2 rings (SSSR count). The molecule has 2 fully saturated rings. The van der Waals surface area contributed by atoms with E-state index in [0.717, 1.165) is 19.3 Å². The number of sulfonamides is 1. The highest BCUT2D eigenvalue weighted by Crippen LogP contribution is 2.37. The van der Waals surface area contributed by atoms with Crippen molar-refractivity contribution < 1.29 is 13.2 Å². The highest BCUT2D eigenvalue weighted by atomic mass is 32.2. The topological polar surface area (TPSA) is 58.6 Å². The molecule has 1 unspecified atom stereocenters. The fourth-order valence-corrected chi connectivity index (χ4v) is 4.72. The van der Waals surface area contributed by atoms with Crippen LogP contribution in [-0.4, -0.2) is 54.9 Å². The lowest BCUT2D eigenvalue weighted by atomic mass is 9.92. The lowest BCUT2D eigenvalue weighted by Crippen LogP contribution is -2.52. The van der Waals surface area contributed by atoms with Crippen LogP contribution in [0.3, 0.4) is 0 Å². The molecule has 2 saturated heterocycles. The number of nitrogens with zero attached hydrogens (tertiary/aromatic N) is 1. The number of hydrogen-bond donors (Lipinski definition) is 1. The van der Waals surface area contributed by atoms with Gasteiger partial charge in [-0.25, -0.2) is 12.7 Å². The summed E-state index contributed by atoms with van der Waals surface area (Å²) in [5.74, 6) is 0.197. The third-order valence-corrected chi connectivity index (χ3v) is 6.60. The van der Waals surface area contributed by atoms with Gasteiger partial charge in [0, 0.05) is 25.2 Å². The number of hydrogen-bond acceptors (Lipinski definition) is 4. The lowest BCUT2D eigenvalue weighted by molar-refractivity contribution is -0.0707. The fourth-order valence-electron chi connectivity index (χ4n) is 3.59. The SMILES string of the molecule is CCS(=O)(=O)N1CCC(NC2CC(C)(C)OC2(C)C)CC1. The maximum Gasteiger partial charge on any atom is 0.213 e. The summed E-state index contributed by atoms with van der Waals surface area (Å²) in [7, 11) is -3.03. The second-order valence-corrected chi connectivity index (χ2v) is 9.72. The van der Waals surface area contributed by atoms with Gasteiger partial charge in [-0.1, -0.05) is 0 Å². The molecular formula is C15H30N2O3S. The molecule has 0 amide bonds. The Balaban J connectivity index is 1.90. The van der Waals surface area contributed by atoms with Crippen LogP contribution in [0.4, 0.5) is 0 Å². The summed E-state index contributed by atoms with van der Waals surface area (Å²) in [6.07, 6.45) is 2.76. The van der Waals surface area contributed by atoms with Crippen LogP contribution in [0.1, 0.15) is 53.9 Å². The van der Waals surface area contributed by atoms with Gasteiger partial charge < -0.3 is 10.1 Å². The van der Waals surface area contributed by atoms with E-state index in [9.17, 15) is 8.42 Å². The zero-order valence-corrected chi connectivity index (χ0v) is 14.8. The molecule has 2 aliphatic heterocycles. The van der Waals surface area contributed by atoms with Crippen molar-refractivity contribution in [1.82, 2.24) is 9.62 Å². The molecule has 21 heavy (non-hydrogen) atoms. The summed E-state index contributed by atoms with van der Waals surface area (Å²) >= 11 is 0. The second-order valence-electron chi connectivity index (χ2n) is 7.46. The fraction of sp³-hybridized carbons (Fsp3) is 1.00. The Hall–Kier alpha value is -0.170. The third kappa shape index (κ3) is 3.97. The van der Waals surface area contributed by atoms with Crippen molar-refractivity contribution in [3.63, 3.8) is 0 Å². The first-order valence-electron chi connectivity index (χ1n) is 8.00. The van der Waals surface area contributed by atoms with Crippen LogP contribution in [0.25, 0.3) is 0 Å². The van der Waals surface area contributed by atoms with Gasteiger partial charge in [0.1, 0.15) is 0 Å². The van der Waals surface area contributed by atoms with Gasteiger partial charge in [-0.3, -0.25) is 0 Å². The van der Waals surface area contributed by atoms with Gasteiger partial charge in [-0.2, -0.15) is 0 Å². The molecule has 1 atom stereocenters. The van der Waals surface area contributed by atoms with Crippen LogP contribution >= 0.6 is 0 Å². The summed E-state index contributed by atoms with van der Waals surface area (Å²) in [6.45, 7) is 11.5. The molecule has 124 valence electrons. The average Bonchev–Trinajstić information content (AvgIpc) is 2.57. The van der Waals surface area contributed by atoms with Crippen LogP contribution in [0.5, 0.6) is 0 Å². The minimum atomic E-state index is -3.03. The summed E-state index contributed by atoms with van der Waals surface area (Å²) in [5.41, 5.74) is -0.260. The monoisotopic (exact) mass is 318 g/mol. The second kappa shape index (κ2) is 5.80. The van der Waals surface area contributed by atoms with E-state index in [4.69, 9.17) is 4.74 Å². The van der Waals surface area contributed by atoms with E-state index >= 15 is 0 Å². The standard InChI is InChI=1S/C15H30N2O3S/c1-6-21(18,19)17-9-7-12(8-10-17)16-13-11-14(2,3)20-15(13,4)5/h12-13,16H,6-11H2,1-5H3. The predicted octanol–water partition coefficient (Wildman–Crippen LogP) is 1.74. The van der Waals surface area contributed by atoms with Gasteiger partial charge in [0.15, 0.2) is 0 Å². The molecule has 1 N–H and O–H groups in total. The first kappa shape index (κ1) is 17.2. The smallest absolute Gasteiger partial charge is 0.213 e. The molecule has 0 aromatic heterocycles. The van der Waals surface area contributed by atoms with Crippen molar-refractivity contribution in [2.75, 3.05) is 18.8 Å². The number of nitrogens with one attached hydrogen (secondary N) is 1. The molecule has 0 radical (unpaired) electrons. The van der Waals surface area contributed by atoms with Crippen molar-refractivity contribution in [1.29, 1.82) is 0 Å². The van der Waals surface area contributed by atoms with Crippen molar-refractivity contribution in [2.24, 2.45) is 0 Å². The van der Waals surface area contributed by atoms with Gasteiger partial charge >= 0.3 is 0 Å².